The Bertz CT molecular complexity index is 1750. The number of ether oxygens (including phenoxy) is 3. The van der Waals surface area contributed by atoms with Gasteiger partial charge in [-0.15, -0.1) is 0 Å². The summed E-state index contributed by atoms with van der Waals surface area (Å²) in [5.41, 5.74) is 2.42. The summed E-state index contributed by atoms with van der Waals surface area (Å²) in [4.78, 5) is 25.2. The lowest BCUT2D eigenvalue weighted by molar-refractivity contribution is -0.128. The lowest BCUT2D eigenvalue weighted by atomic mass is 10.2. The predicted molar refractivity (Wildman–Crippen MR) is 156 cm³/mol. The first-order valence-corrected chi connectivity index (χ1v) is 13.0. The van der Waals surface area contributed by atoms with E-state index >= 15 is 0 Å². The van der Waals surface area contributed by atoms with Crippen molar-refractivity contribution < 1.29 is 23.4 Å². The van der Waals surface area contributed by atoms with Gasteiger partial charge < -0.3 is 18.6 Å². The van der Waals surface area contributed by atoms with Crippen LogP contribution in [0.1, 0.15) is 16.7 Å². The summed E-state index contributed by atoms with van der Waals surface area (Å²) in [7, 11) is 0. The van der Waals surface area contributed by atoms with Crippen molar-refractivity contribution in [2.75, 3.05) is 0 Å². The van der Waals surface area contributed by atoms with E-state index in [9.17, 15) is 9.59 Å². The molecule has 200 valence electrons. The molecule has 0 aliphatic carbocycles. The molecule has 0 N–H and O–H groups in total. The third-order valence-electron chi connectivity index (χ3n) is 5.89. The Morgan fingerprint density at radius 2 is 1.60 bits per heavy atom. The van der Waals surface area contributed by atoms with Crippen LogP contribution in [-0.4, -0.2) is 5.97 Å². The van der Waals surface area contributed by atoms with Crippen molar-refractivity contribution in [3.05, 3.63) is 134 Å². The lowest BCUT2D eigenvalue weighted by Crippen LogP contribution is -2.06. The summed E-state index contributed by atoms with van der Waals surface area (Å²) < 4.78 is 22.5. The Labute approximate surface area is 239 Å². The molecule has 5 rings (SSSR count). The van der Waals surface area contributed by atoms with E-state index in [1.807, 2.05) is 25.1 Å². The molecule has 1 heterocycles. The highest BCUT2D eigenvalue weighted by molar-refractivity contribution is 6.35. The van der Waals surface area contributed by atoms with Gasteiger partial charge in [-0.25, -0.2) is 4.79 Å². The van der Waals surface area contributed by atoms with E-state index in [4.69, 9.17) is 41.8 Å². The zero-order chi connectivity index (χ0) is 28.1. The maximum Gasteiger partial charge on any atom is 0.336 e. The van der Waals surface area contributed by atoms with Crippen molar-refractivity contribution in [1.82, 2.24) is 0 Å². The second-order valence-electron chi connectivity index (χ2n) is 8.82. The first-order valence-electron chi connectivity index (χ1n) is 12.2. The fourth-order valence-electron chi connectivity index (χ4n) is 3.85. The molecule has 0 atom stereocenters. The first kappa shape index (κ1) is 27.1. The molecular weight excluding hydrogens is 551 g/mol. The number of carbonyl (C=O) groups excluding carboxylic acids is 1. The summed E-state index contributed by atoms with van der Waals surface area (Å²) in [5, 5.41) is 1.38. The van der Waals surface area contributed by atoms with E-state index in [1.165, 1.54) is 30.5 Å². The third-order valence-corrected chi connectivity index (χ3v) is 6.60. The van der Waals surface area contributed by atoms with Crippen LogP contribution in [0.4, 0.5) is 0 Å². The summed E-state index contributed by atoms with van der Waals surface area (Å²) in [6.45, 7) is 2.16. The molecule has 0 radical (unpaired) electrons. The van der Waals surface area contributed by atoms with Gasteiger partial charge in [0.25, 0.3) is 0 Å². The van der Waals surface area contributed by atoms with Gasteiger partial charge in [-0.1, -0.05) is 53.5 Å². The number of benzene rings is 4. The smallest absolute Gasteiger partial charge is 0.336 e. The number of esters is 1. The number of aryl methyl sites for hydroxylation is 1. The Morgan fingerprint density at radius 3 is 2.35 bits per heavy atom. The number of hydrogen-bond donors (Lipinski definition) is 0. The molecule has 0 bridgehead atoms. The maximum absolute atomic E-state index is 12.9. The Balaban J connectivity index is 1.20. The average molecular weight is 573 g/mol. The molecule has 1 aromatic heterocycles. The van der Waals surface area contributed by atoms with Gasteiger partial charge in [-0.3, -0.25) is 4.79 Å². The summed E-state index contributed by atoms with van der Waals surface area (Å²) >= 11 is 12.4. The minimum absolute atomic E-state index is 0.0647. The van der Waals surface area contributed by atoms with E-state index in [1.54, 1.807) is 54.6 Å². The average Bonchev–Trinajstić information content (AvgIpc) is 2.94. The minimum Gasteiger partial charge on any atom is -0.489 e. The highest BCUT2D eigenvalue weighted by atomic mass is 35.5. The van der Waals surface area contributed by atoms with Crippen molar-refractivity contribution in [3.63, 3.8) is 0 Å². The van der Waals surface area contributed by atoms with E-state index < -0.39 is 5.97 Å². The maximum atomic E-state index is 12.9. The topological polar surface area (TPSA) is 75.0 Å². The van der Waals surface area contributed by atoms with Crippen molar-refractivity contribution in [2.24, 2.45) is 0 Å². The van der Waals surface area contributed by atoms with E-state index in [-0.39, 0.29) is 29.1 Å². The molecule has 0 saturated heterocycles. The Morgan fingerprint density at radius 1 is 0.875 bits per heavy atom. The molecule has 0 saturated carbocycles. The second kappa shape index (κ2) is 12.1. The molecule has 0 aliphatic heterocycles. The van der Waals surface area contributed by atoms with Gasteiger partial charge >= 0.3 is 5.97 Å². The first-order chi connectivity index (χ1) is 19.4. The SMILES string of the molecule is Cc1cccc(Oc2coc3cc(OC(=O)C=Cc4ccc(OCc5c(Cl)cccc5Cl)cc4)ccc3c2=O)c1. The monoisotopic (exact) mass is 572 g/mol. The van der Waals surface area contributed by atoms with Crippen LogP contribution in [0.15, 0.2) is 106 Å². The second-order valence-corrected chi connectivity index (χ2v) is 9.63. The van der Waals surface area contributed by atoms with Gasteiger partial charge in [-0.2, -0.15) is 0 Å². The number of carbonyl (C=O) groups is 1. The lowest BCUT2D eigenvalue weighted by Gasteiger charge is -2.09. The Hall–Kier alpha value is -4.52. The molecule has 4 aromatic carbocycles. The Kier molecular flexibility index (Phi) is 8.20. The number of rotatable bonds is 8. The predicted octanol–water partition coefficient (Wildman–Crippen LogP) is 8.40. The van der Waals surface area contributed by atoms with Crippen LogP contribution in [-0.2, 0) is 11.4 Å². The van der Waals surface area contributed by atoms with Crippen LogP contribution in [0.3, 0.4) is 0 Å². The number of hydrogen-bond acceptors (Lipinski definition) is 6. The zero-order valence-electron chi connectivity index (χ0n) is 21.2. The highest BCUT2D eigenvalue weighted by Crippen LogP contribution is 2.27. The summed E-state index contributed by atoms with van der Waals surface area (Å²) in [6, 6.07) is 24.3. The van der Waals surface area contributed by atoms with Crippen LogP contribution in [0.2, 0.25) is 10.0 Å². The van der Waals surface area contributed by atoms with Crippen LogP contribution in [0.25, 0.3) is 17.0 Å². The van der Waals surface area contributed by atoms with E-state index in [2.05, 4.69) is 0 Å². The van der Waals surface area contributed by atoms with Crippen molar-refractivity contribution >= 4 is 46.2 Å². The fourth-order valence-corrected chi connectivity index (χ4v) is 4.35. The standard InChI is InChI=1S/C32H22Cl2O6/c1-20-4-2-5-23(16-20)39-30-19-38-29-17-24(13-14-25(29)32(30)36)40-31(35)15-10-21-8-11-22(12-9-21)37-18-26-27(33)6-3-7-28(26)34/h2-17,19H,18H2,1H3. The van der Waals surface area contributed by atoms with Crippen LogP contribution in [0, 0.1) is 6.92 Å². The molecule has 0 amide bonds. The molecule has 40 heavy (non-hydrogen) atoms. The number of halogens is 2. The van der Waals surface area contributed by atoms with E-state index in [0.717, 1.165) is 11.1 Å². The van der Waals surface area contributed by atoms with Gasteiger partial charge in [0, 0.05) is 27.8 Å². The highest BCUT2D eigenvalue weighted by Gasteiger charge is 2.12. The summed E-state index contributed by atoms with van der Waals surface area (Å²) in [5.74, 6) is 0.873. The molecule has 0 spiro atoms. The summed E-state index contributed by atoms with van der Waals surface area (Å²) in [6.07, 6.45) is 4.17. The molecule has 0 fully saturated rings. The quantitative estimate of drug-likeness (QED) is 0.105. The van der Waals surface area contributed by atoms with E-state index in [0.29, 0.717) is 32.5 Å². The van der Waals surface area contributed by atoms with Crippen LogP contribution in [0.5, 0.6) is 23.0 Å². The van der Waals surface area contributed by atoms with Crippen molar-refractivity contribution in [1.29, 1.82) is 0 Å². The fraction of sp³-hybridized carbons (Fsp3) is 0.0625. The largest absolute Gasteiger partial charge is 0.489 e. The minimum atomic E-state index is -0.588. The van der Waals surface area contributed by atoms with Crippen LogP contribution < -0.4 is 19.6 Å². The van der Waals surface area contributed by atoms with Gasteiger partial charge in [0.05, 0.1) is 5.39 Å². The third kappa shape index (κ3) is 6.54. The zero-order valence-corrected chi connectivity index (χ0v) is 22.7. The molecule has 8 heteroatoms. The molecular formula is C32H22Cl2O6. The molecule has 0 aliphatic rings. The number of fused-ring (bicyclic) bond motifs is 1. The molecule has 0 unspecified atom stereocenters. The van der Waals surface area contributed by atoms with Crippen molar-refractivity contribution in [2.45, 2.75) is 13.5 Å². The molecule has 6 nitrogen and oxygen atoms in total. The van der Waals surface area contributed by atoms with Gasteiger partial charge in [0.15, 0.2) is 0 Å². The van der Waals surface area contributed by atoms with Gasteiger partial charge in [-0.05, 0) is 72.7 Å². The molecule has 5 aromatic rings. The van der Waals surface area contributed by atoms with Crippen LogP contribution >= 0.6 is 23.2 Å². The van der Waals surface area contributed by atoms with Gasteiger partial charge in [0.2, 0.25) is 11.2 Å². The van der Waals surface area contributed by atoms with Crippen molar-refractivity contribution in [3.8, 4) is 23.0 Å². The normalized spacial score (nSPS) is 11.1. The van der Waals surface area contributed by atoms with Gasteiger partial charge in [0.1, 0.15) is 35.7 Å².